The van der Waals surface area contributed by atoms with Crippen LogP contribution in [-0.4, -0.2) is 74.4 Å². The SMILES string of the molecule is CCOC(=O)c1ccc(OCC(O)CN2CCCC(C3OCCO3)C2)cc1. The summed E-state index contributed by atoms with van der Waals surface area (Å²) < 4.78 is 21.9. The lowest BCUT2D eigenvalue weighted by Gasteiger charge is -2.35. The minimum Gasteiger partial charge on any atom is -0.491 e. The number of β-amino-alcohol motifs (C(OH)–C–C–N with tert-alkyl or cyclic N) is 1. The highest BCUT2D eigenvalue weighted by Gasteiger charge is 2.31. The van der Waals surface area contributed by atoms with Gasteiger partial charge in [0.15, 0.2) is 6.29 Å². The summed E-state index contributed by atoms with van der Waals surface area (Å²) >= 11 is 0. The van der Waals surface area contributed by atoms with Gasteiger partial charge >= 0.3 is 5.97 Å². The summed E-state index contributed by atoms with van der Waals surface area (Å²) in [5, 5.41) is 10.3. The van der Waals surface area contributed by atoms with Gasteiger partial charge in [-0.25, -0.2) is 4.79 Å². The van der Waals surface area contributed by atoms with E-state index >= 15 is 0 Å². The molecule has 1 aromatic carbocycles. The van der Waals surface area contributed by atoms with Crippen molar-refractivity contribution in [3.05, 3.63) is 29.8 Å². The van der Waals surface area contributed by atoms with Gasteiger partial charge in [-0.2, -0.15) is 0 Å². The van der Waals surface area contributed by atoms with Crippen LogP contribution in [0.25, 0.3) is 0 Å². The van der Waals surface area contributed by atoms with E-state index in [2.05, 4.69) is 4.90 Å². The standard InChI is InChI=1S/C20H29NO6/c1-2-24-19(23)15-5-7-18(8-6-15)27-14-17(22)13-21-9-3-4-16(12-21)20-25-10-11-26-20/h5-8,16-17,20,22H,2-4,9-14H2,1H3. The van der Waals surface area contributed by atoms with E-state index in [0.29, 0.717) is 43.6 Å². The third kappa shape index (κ3) is 5.90. The summed E-state index contributed by atoms with van der Waals surface area (Å²) in [5.41, 5.74) is 0.487. The van der Waals surface area contributed by atoms with E-state index in [1.165, 1.54) is 0 Å². The largest absolute Gasteiger partial charge is 0.491 e. The zero-order valence-corrected chi connectivity index (χ0v) is 15.8. The molecule has 1 N–H and O–H groups in total. The first-order valence-corrected chi connectivity index (χ1v) is 9.69. The van der Waals surface area contributed by atoms with Crippen LogP contribution in [0.3, 0.4) is 0 Å². The predicted molar refractivity (Wildman–Crippen MR) is 98.8 cm³/mol. The van der Waals surface area contributed by atoms with Crippen LogP contribution in [0.4, 0.5) is 0 Å². The van der Waals surface area contributed by atoms with Gasteiger partial charge in [0, 0.05) is 19.0 Å². The number of nitrogens with zero attached hydrogens (tertiary/aromatic N) is 1. The Balaban J connectivity index is 1.41. The number of carbonyl (C=O) groups is 1. The third-order valence-electron chi connectivity index (χ3n) is 4.85. The molecule has 2 heterocycles. The third-order valence-corrected chi connectivity index (χ3v) is 4.85. The van der Waals surface area contributed by atoms with Crippen LogP contribution in [-0.2, 0) is 14.2 Å². The predicted octanol–water partition coefficient (Wildman–Crippen LogP) is 1.69. The molecule has 0 saturated carbocycles. The molecular formula is C20H29NO6. The molecule has 2 aliphatic heterocycles. The van der Waals surface area contributed by atoms with Crippen LogP contribution in [0.5, 0.6) is 5.75 Å². The minimum atomic E-state index is -0.584. The van der Waals surface area contributed by atoms with Crippen LogP contribution in [0, 0.1) is 5.92 Å². The topological polar surface area (TPSA) is 77.5 Å². The minimum absolute atomic E-state index is 0.0981. The molecule has 27 heavy (non-hydrogen) atoms. The van der Waals surface area contributed by atoms with Crippen LogP contribution in [0.2, 0.25) is 0 Å². The fraction of sp³-hybridized carbons (Fsp3) is 0.650. The number of aliphatic hydroxyl groups is 1. The molecule has 7 heteroatoms. The Hall–Kier alpha value is -1.67. The number of likely N-dealkylation sites (tertiary alicyclic amines) is 1. The second kappa shape index (κ2) is 10.0. The molecule has 2 atom stereocenters. The molecule has 2 aliphatic rings. The Bertz CT molecular complexity index is 587. The summed E-state index contributed by atoms with van der Waals surface area (Å²) in [6, 6.07) is 6.75. The number of benzene rings is 1. The highest BCUT2D eigenvalue weighted by Crippen LogP contribution is 2.25. The molecule has 150 valence electrons. The van der Waals surface area contributed by atoms with Crippen molar-refractivity contribution < 1.29 is 28.8 Å². The van der Waals surface area contributed by atoms with Crippen molar-refractivity contribution in [3.8, 4) is 5.75 Å². The fourth-order valence-electron chi connectivity index (χ4n) is 3.57. The Morgan fingerprint density at radius 2 is 2.04 bits per heavy atom. The highest BCUT2D eigenvalue weighted by atomic mass is 16.7. The van der Waals surface area contributed by atoms with Crippen molar-refractivity contribution in [2.24, 2.45) is 5.92 Å². The van der Waals surface area contributed by atoms with E-state index in [0.717, 1.165) is 25.9 Å². The van der Waals surface area contributed by atoms with Gasteiger partial charge in [-0.05, 0) is 50.6 Å². The second-order valence-corrected chi connectivity index (χ2v) is 6.98. The molecule has 3 rings (SSSR count). The number of hydrogen-bond donors (Lipinski definition) is 1. The molecular weight excluding hydrogens is 350 g/mol. The van der Waals surface area contributed by atoms with Crippen molar-refractivity contribution in [1.82, 2.24) is 4.90 Å². The van der Waals surface area contributed by atoms with Gasteiger partial charge < -0.3 is 29.0 Å². The van der Waals surface area contributed by atoms with Gasteiger partial charge in [0.1, 0.15) is 18.5 Å². The van der Waals surface area contributed by atoms with Crippen molar-refractivity contribution in [2.45, 2.75) is 32.2 Å². The van der Waals surface area contributed by atoms with Crippen LogP contribution in [0.15, 0.2) is 24.3 Å². The molecule has 2 saturated heterocycles. The van der Waals surface area contributed by atoms with E-state index in [9.17, 15) is 9.90 Å². The van der Waals surface area contributed by atoms with E-state index in [4.69, 9.17) is 18.9 Å². The smallest absolute Gasteiger partial charge is 0.338 e. The molecule has 0 radical (unpaired) electrons. The average molecular weight is 379 g/mol. The molecule has 2 fully saturated rings. The van der Waals surface area contributed by atoms with E-state index in [1.807, 2.05) is 0 Å². The molecule has 2 unspecified atom stereocenters. The first-order chi connectivity index (χ1) is 13.2. The summed E-state index contributed by atoms with van der Waals surface area (Å²) in [6.07, 6.45) is 1.50. The van der Waals surface area contributed by atoms with Gasteiger partial charge in [-0.15, -0.1) is 0 Å². The molecule has 0 amide bonds. The molecule has 1 aromatic rings. The molecule has 7 nitrogen and oxygen atoms in total. The van der Waals surface area contributed by atoms with Crippen molar-refractivity contribution in [3.63, 3.8) is 0 Å². The maximum Gasteiger partial charge on any atom is 0.338 e. The molecule has 0 spiro atoms. The zero-order chi connectivity index (χ0) is 19.1. The quantitative estimate of drug-likeness (QED) is 0.689. The molecule has 0 bridgehead atoms. The number of piperidine rings is 1. The monoisotopic (exact) mass is 379 g/mol. The Labute approximate surface area is 160 Å². The van der Waals surface area contributed by atoms with E-state index < -0.39 is 6.10 Å². The van der Waals surface area contributed by atoms with Gasteiger partial charge in [-0.3, -0.25) is 0 Å². The zero-order valence-electron chi connectivity index (χ0n) is 15.8. The highest BCUT2D eigenvalue weighted by molar-refractivity contribution is 5.89. The van der Waals surface area contributed by atoms with Gasteiger partial charge in [0.25, 0.3) is 0 Å². The maximum absolute atomic E-state index is 11.6. The van der Waals surface area contributed by atoms with Crippen LogP contribution >= 0.6 is 0 Å². The number of hydrogen-bond acceptors (Lipinski definition) is 7. The van der Waals surface area contributed by atoms with Gasteiger partial charge in [0.05, 0.1) is 25.4 Å². The molecule has 0 aromatic heterocycles. The van der Waals surface area contributed by atoms with Crippen LogP contribution in [0.1, 0.15) is 30.1 Å². The number of rotatable bonds is 8. The average Bonchev–Trinajstić information content (AvgIpc) is 3.22. The second-order valence-electron chi connectivity index (χ2n) is 6.98. The Morgan fingerprint density at radius 1 is 1.30 bits per heavy atom. The van der Waals surface area contributed by atoms with Gasteiger partial charge in [0.2, 0.25) is 0 Å². The number of carbonyl (C=O) groups excluding carboxylic acids is 1. The fourth-order valence-corrected chi connectivity index (χ4v) is 3.57. The van der Waals surface area contributed by atoms with Crippen LogP contribution < -0.4 is 4.74 Å². The summed E-state index contributed by atoms with van der Waals surface area (Å²) in [6.45, 7) is 6.07. The summed E-state index contributed by atoms with van der Waals surface area (Å²) in [5.74, 6) is 0.634. The van der Waals surface area contributed by atoms with Crippen molar-refractivity contribution in [2.75, 3.05) is 46.1 Å². The molecule has 0 aliphatic carbocycles. The van der Waals surface area contributed by atoms with Gasteiger partial charge in [-0.1, -0.05) is 0 Å². The van der Waals surface area contributed by atoms with Crippen molar-refractivity contribution in [1.29, 1.82) is 0 Å². The Morgan fingerprint density at radius 3 is 2.74 bits per heavy atom. The van der Waals surface area contributed by atoms with Crippen molar-refractivity contribution >= 4 is 5.97 Å². The Kier molecular flexibility index (Phi) is 7.46. The lowest BCUT2D eigenvalue weighted by Crippen LogP contribution is -2.44. The lowest BCUT2D eigenvalue weighted by atomic mass is 9.97. The van der Waals surface area contributed by atoms with E-state index in [1.54, 1.807) is 31.2 Å². The number of aliphatic hydroxyl groups excluding tert-OH is 1. The summed E-state index contributed by atoms with van der Waals surface area (Å²) in [7, 11) is 0. The maximum atomic E-state index is 11.6. The first-order valence-electron chi connectivity index (χ1n) is 9.69. The first kappa shape index (κ1) is 20.1. The number of esters is 1. The lowest BCUT2D eigenvalue weighted by molar-refractivity contribution is -0.103. The van der Waals surface area contributed by atoms with E-state index in [-0.39, 0.29) is 18.9 Å². The summed E-state index contributed by atoms with van der Waals surface area (Å²) in [4.78, 5) is 13.9. The normalized spacial score (nSPS) is 22.5. The number of ether oxygens (including phenoxy) is 4.